The highest BCUT2D eigenvalue weighted by molar-refractivity contribution is 7.18. The number of allylic oxidation sites excluding steroid dienone is 4. The van der Waals surface area contributed by atoms with Crippen LogP contribution in [-0.2, 0) is 22.7 Å². The predicted octanol–water partition coefficient (Wildman–Crippen LogP) is 9.23. The molecule has 4 aromatic carbocycles. The highest BCUT2D eigenvalue weighted by Crippen LogP contribution is 2.46. The number of nitrogens with zero attached hydrogens (tertiary/aromatic N) is 2. The fraction of sp³-hybridized carbons (Fsp3) is 0.238. The summed E-state index contributed by atoms with van der Waals surface area (Å²) in [5.41, 5.74) is 6.26. The van der Waals surface area contributed by atoms with E-state index in [1.54, 1.807) is 22.7 Å². The van der Waals surface area contributed by atoms with E-state index in [2.05, 4.69) is 47.2 Å². The number of rotatable bonds is 11. The van der Waals surface area contributed by atoms with Gasteiger partial charge >= 0.3 is 0 Å². The molecule has 0 spiro atoms. The van der Waals surface area contributed by atoms with Gasteiger partial charge in [0.1, 0.15) is 34.0 Å². The van der Waals surface area contributed by atoms with Crippen LogP contribution in [0.15, 0.2) is 109 Å². The molecule has 0 amide bonds. The molecule has 6 aromatic rings. The molecule has 0 radical (unpaired) electrons. The van der Waals surface area contributed by atoms with Crippen molar-refractivity contribution in [1.82, 2.24) is 0 Å². The van der Waals surface area contributed by atoms with E-state index in [-0.39, 0.29) is 23.1 Å². The first kappa shape index (κ1) is 32.3. The maximum absolute atomic E-state index is 13.6. The lowest BCUT2D eigenvalue weighted by Gasteiger charge is -2.25. The van der Waals surface area contributed by atoms with Gasteiger partial charge in [0.25, 0.3) is 10.0 Å². The summed E-state index contributed by atoms with van der Waals surface area (Å²) in [6.07, 6.45) is 4.09. The Morgan fingerprint density at radius 2 is 0.900 bits per heavy atom. The van der Waals surface area contributed by atoms with E-state index in [4.69, 9.17) is 0 Å². The third kappa shape index (κ3) is 5.20. The average molecular weight is 699 g/mol. The van der Waals surface area contributed by atoms with Gasteiger partial charge in [-0.25, -0.2) is 0 Å². The van der Waals surface area contributed by atoms with E-state index in [1.807, 2.05) is 72.8 Å². The van der Waals surface area contributed by atoms with E-state index in [0.717, 1.165) is 80.3 Å². The quantitative estimate of drug-likeness (QED) is 0.132. The maximum atomic E-state index is 13.6. The van der Waals surface area contributed by atoms with Crippen LogP contribution in [0.3, 0.4) is 0 Å². The number of carbonyl (C=O) groups excluding carboxylic acids is 2. The summed E-state index contributed by atoms with van der Waals surface area (Å²) in [5.74, 6) is -1.12. The molecule has 0 bridgehead atoms. The lowest BCUT2D eigenvalue weighted by molar-refractivity contribution is -0.675. The summed E-state index contributed by atoms with van der Waals surface area (Å²) in [5, 5.41) is 24.3. The minimum absolute atomic E-state index is 0.0560. The Morgan fingerprint density at radius 1 is 0.540 bits per heavy atom. The molecule has 6 nitrogen and oxygen atoms in total. The van der Waals surface area contributed by atoms with Crippen molar-refractivity contribution in [1.29, 1.82) is 0 Å². The minimum atomic E-state index is -0.633. The summed E-state index contributed by atoms with van der Waals surface area (Å²) in [4.78, 5) is 27.1. The van der Waals surface area contributed by atoms with Crippen molar-refractivity contribution in [3.05, 3.63) is 130 Å². The van der Waals surface area contributed by atoms with Gasteiger partial charge in [-0.1, -0.05) is 122 Å². The van der Waals surface area contributed by atoms with Crippen LogP contribution in [-0.4, -0.2) is 21.8 Å². The SMILES string of the molecule is CCCC[n+]1c(C2C(=O)C(c3ccc(-c4ccc(C5=C(O)C(c6sc7ccccc7[n+]6CCCC)C5=O)cc4)cc3)=C2O)sc2ccccc21. The number of fused-ring (bicyclic) bond motifs is 2. The van der Waals surface area contributed by atoms with Crippen molar-refractivity contribution in [2.45, 2.75) is 64.5 Å². The van der Waals surface area contributed by atoms with E-state index in [1.165, 1.54) is 0 Å². The Kier molecular flexibility index (Phi) is 8.45. The molecule has 2 unspecified atom stereocenters. The zero-order chi connectivity index (χ0) is 34.5. The summed E-state index contributed by atoms with van der Waals surface area (Å²) in [6, 6.07) is 31.7. The molecule has 50 heavy (non-hydrogen) atoms. The molecule has 0 saturated carbocycles. The van der Waals surface area contributed by atoms with Gasteiger partial charge in [-0.05, 0) is 34.4 Å². The van der Waals surface area contributed by atoms with Gasteiger partial charge < -0.3 is 10.2 Å². The molecule has 2 atom stereocenters. The van der Waals surface area contributed by atoms with Gasteiger partial charge in [-0.3, -0.25) is 9.59 Å². The van der Waals surface area contributed by atoms with Crippen LogP contribution in [0.2, 0.25) is 0 Å². The lowest BCUT2D eigenvalue weighted by atomic mass is 9.78. The van der Waals surface area contributed by atoms with Gasteiger partial charge in [0.2, 0.25) is 11.0 Å². The first-order chi connectivity index (χ1) is 24.4. The molecule has 0 saturated heterocycles. The smallest absolute Gasteiger partial charge is 0.257 e. The fourth-order valence-electron chi connectivity index (χ4n) is 7.25. The molecule has 8 heteroatoms. The molecule has 0 fully saturated rings. The normalized spacial score (nSPS) is 17.6. The number of aromatic nitrogens is 2. The van der Waals surface area contributed by atoms with Crippen LogP contribution in [0.25, 0.3) is 42.7 Å². The third-order valence-electron chi connectivity index (χ3n) is 9.99. The summed E-state index contributed by atoms with van der Waals surface area (Å²) >= 11 is 3.16. The van der Waals surface area contributed by atoms with Crippen molar-refractivity contribution >= 4 is 65.8 Å². The first-order valence-corrected chi connectivity index (χ1v) is 19.0. The second-order valence-corrected chi connectivity index (χ2v) is 15.2. The third-order valence-corrected chi connectivity index (χ3v) is 12.5. The van der Waals surface area contributed by atoms with Crippen LogP contribution in [0, 0.1) is 0 Å². The highest BCUT2D eigenvalue weighted by Gasteiger charge is 2.49. The highest BCUT2D eigenvalue weighted by atomic mass is 32.1. The van der Waals surface area contributed by atoms with Crippen LogP contribution in [0.4, 0.5) is 0 Å². The number of aliphatic hydroxyl groups is 2. The number of benzene rings is 4. The number of aliphatic hydroxyl groups excluding tert-OH is 2. The standard InChI is InChI=1S/C42H36N2O4S2/c1-3-5-23-43-29-11-7-9-13-31(29)49-41(43)35-37(45)33(38(35)46)27-19-15-25(16-20-27)26-17-21-28(22-18-26)34-39(47)36(40(34)48)42-44(24-6-4-2)30-12-8-10-14-32(30)50-42/h7-22,35-36H,3-6,23-24H2,1-2H3/p+2. The number of carbonyl (C=O) groups is 2. The molecular weight excluding hydrogens is 661 g/mol. The minimum Gasteiger partial charge on any atom is -0.510 e. The van der Waals surface area contributed by atoms with E-state index < -0.39 is 11.8 Å². The summed E-state index contributed by atoms with van der Waals surface area (Å²) < 4.78 is 6.63. The van der Waals surface area contributed by atoms with E-state index in [9.17, 15) is 19.8 Å². The zero-order valence-corrected chi connectivity index (χ0v) is 29.7. The van der Waals surface area contributed by atoms with Crippen LogP contribution >= 0.6 is 22.7 Å². The van der Waals surface area contributed by atoms with Gasteiger partial charge in [0, 0.05) is 25.0 Å². The second-order valence-electron chi connectivity index (χ2n) is 13.1. The molecule has 2 aliphatic rings. The second kappa shape index (κ2) is 13.1. The van der Waals surface area contributed by atoms with Crippen LogP contribution < -0.4 is 9.13 Å². The molecule has 8 rings (SSSR count). The molecule has 2 aliphatic carbocycles. The number of ketones is 2. The van der Waals surface area contributed by atoms with Gasteiger partial charge in [0.15, 0.2) is 23.4 Å². The van der Waals surface area contributed by atoms with Gasteiger partial charge in [-0.2, -0.15) is 9.13 Å². The Bertz CT molecular complexity index is 2200. The van der Waals surface area contributed by atoms with Gasteiger partial charge in [-0.15, -0.1) is 0 Å². The lowest BCUT2D eigenvalue weighted by Crippen LogP contribution is -2.42. The Morgan fingerprint density at radius 3 is 1.26 bits per heavy atom. The topological polar surface area (TPSA) is 82.4 Å². The average Bonchev–Trinajstić information content (AvgIpc) is 3.67. The molecular formula is C42H38N2O4S2+2. The predicted molar refractivity (Wildman–Crippen MR) is 200 cm³/mol. The van der Waals surface area contributed by atoms with Crippen molar-refractivity contribution in [3.63, 3.8) is 0 Å². The maximum Gasteiger partial charge on any atom is 0.257 e. The van der Waals surface area contributed by atoms with Gasteiger partial charge in [0.05, 0.1) is 11.1 Å². The number of aryl methyl sites for hydroxylation is 2. The number of hydrogen-bond acceptors (Lipinski definition) is 6. The zero-order valence-electron chi connectivity index (χ0n) is 28.1. The molecule has 250 valence electrons. The van der Waals surface area contributed by atoms with Crippen LogP contribution in [0.1, 0.15) is 72.5 Å². The number of unbranched alkanes of at least 4 members (excludes halogenated alkanes) is 2. The fourth-order valence-corrected chi connectivity index (χ4v) is 9.83. The van der Waals surface area contributed by atoms with E-state index >= 15 is 0 Å². The number of para-hydroxylation sites is 2. The van der Waals surface area contributed by atoms with Crippen molar-refractivity contribution < 1.29 is 28.9 Å². The molecule has 0 aliphatic heterocycles. The van der Waals surface area contributed by atoms with Crippen molar-refractivity contribution in [2.75, 3.05) is 0 Å². The van der Waals surface area contributed by atoms with Crippen molar-refractivity contribution in [2.24, 2.45) is 0 Å². The first-order valence-electron chi connectivity index (χ1n) is 17.4. The Balaban J connectivity index is 1.02. The summed E-state index contributed by atoms with van der Waals surface area (Å²) in [7, 11) is 0. The van der Waals surface area contributed by atoms with Crippen LogP contribution in [0.5, 0.6) is 0 Å². The number of Topliss-reactive ketones (excluding diaryl/α,β-unsaturated/α-hetero) is 2. The molecule has 2 heterocycles. The Hall–Kier alpha value is -4.92. The van der Waals surface area contributed by atoms with E-state index in [0.29, 0.717) is 22.3 Å². The largest absolute Gasteiger partial charge is 0.510 e. The Labute approximate surface area is 298 Å². The molecule has 2 N–H and O–H groups in total. The summed E-state index contributed by atoms with van der Waals surface area (Å²) in [6.45, 7) is 5.93. The number of thiazole rings is 2. The monoisotopic (exact) mass is 698 g/mol. The number of hydrogen-bond donors (Lipinski definition) is 2. The molecule has 2 aromatic heterocycles. The van der Waals surface area contributed by atoms with Crippen molar-refractivity contribution in [3.8, 4) is 11.1 Å².